The maximum absolute atomic E-state index is 13.0. The number of Topliss-reactive ketones (excluding diaryl/α,β-unsaturated/α-hetero) is 1. The summed E-state index contributed by atoms with van der Waals surface area (Å²) in [5, 5.41) is 4.52. The van der Waals surface area contributed by atoms with Gasteiger partial charge in [0.2, 0.25) is 5.91 Å². The van der Waals surface area contributed by atoms with Gasteiger partial charge in [0, 0.05) is 50.0 Å². The molecule has 0 radical (unpaired) electrons. The standard InChI is InChI=1S/C23H30N4O2/c1-16-7-6-10-20(17(16)2)25-11-13-26(14-12-25)22(29)15-27-21-9-5-4-8-19(21)23(24-27)18(3)28/h6-7,10H,4-5,8-9,11-15H2,1-3H3. The second-order valence-corrected chi connectivity index (χ2v) is 8.28. The van der Waals surface area contributed by atoms with Gasteiger partial charge in [-0.2, -0.15) is 5.10 Å². The highest BCUT2D eigenvalue weighted by Crippen LogP contribution is 2.26. The lowest BCUT2D eigenvalue weighted by Crippen LogP contribution is -2.50. The molecule has 0 unspecified atom stereocenters. The van der Waals surface area contributed by atoms with E-state index in [1.54, 1.807) is 11.6 Å². The Morgan fingerprint density at radius 1 is 1.03 bits per heavy atom. The second-order valence-electron chi connectivity index (χ2n) is 8.28. The summed E-state index contributed by atoms with van der Waals surface area (Å²) in [6.07, 6.45) is 3.99. The van der Waals surface area contributed by atoms with Gasteiger partial charge >= 0.3 is 0 Å². The topological polar surface area (TPSA) is 58.4 Å². The van der Waals surface area contributed by atoms with Crippen LogP contribution in [-0.2, 0) is 24.2 Å². The maximum atomic E-state index is 13.0. The summed E-state index contributed by atoms with van der Waals surface area (Å²) in [5.41, 5.74) is 6.59. The molecule has 1 aromatic heterocycles. The summed E-state index contributed by atoms with van der Waals surface area (Å²) in [4.78, 5) is 29.2. The number of anilines is 1. The number of hydrogen-bond acceptors (Lipinski definition) is 4. The van der Waals surface area contributed by atoms with Crippen LogP contribution in [0.25, 0.3) is 0 Å². The number of carbonyl (C=O) groups is 2. The predicted octanol–water partition coefficient (Wildman–Crippen LogP) is 2.93. The van der Waals surface area contributed by atoms with Crippen LogP contribution in [0.15, 0.2) is 18.2 Å². The van der Waals surface area contributed by atoms with Gasteiger partial charge in [0.1, 0.15) is 12.2 Å². The molecule has 29 heavy (non-hydrogen) atoms. The number of carbonyl (C=O) groups excluding carboxylic acids is 2. The van der Waals surface area contributed by atoms with Crippen molar-refractivity contribution in [3.8, 4) is 0 Å². The molecule has 1 aliphatic carbocycles. The van der Waals surface area contributed by atoms with Crippen molar-refractivity contribution in [1.82, 2.24) is 14.7 Å². The molecule has 1 aromatic carbocycles. The second kappa shape index (κ2) is 8.01. The fourth-order valence-corrected chi connectivity index (χ4v) is 4.59. The number of nitrogens with zero attached hydrogens (tertiary/aromatic N) is 4. The summed E-state index contributed by atoms with van der Waals surface area (Å²) in [7, 11) is 0. The number of rotatable bonds is 4. The molecule has 154 valence electrons. The van der Waals surface area contributed by atoms with E-state index in [4.69, 9.17) is 0 Å². The number of piperazine rings is 1. The third-order valence-corrected chi connectivity index (χ3v) is 6.42. The van der Waals surface area contributed by atoms with Gasteiger partial charge in [-0.1, -0.05) is 12.1 Å². The third-order valence-electron chi connectivity index (χ3n) is 6.42. The van der Waals surface area contributed by atoms with Gasteiger partial charge in [-0.25, -0.2) is 0 Å². The van der Waals surface area contributed by atoms with E-state index >= 15 is 0 Å². The molecule has 4 rings (SSSR count). The van der Waals surface area contributed by atoms with Crippen LogP contribution < -0.4 is 4.90 Å². The van der Waals surface area contributed by atoms with Gasteiger partial charge in [0.05, 0.1) is 0 Å². The average Bonchev–Trinajstić information content (AvgIpc) is 3.09. The molecule has 1 amide bonds. The number of amides is 1. The molecule has 2 heterocycles. The van der Waals surface area contributed by atoms with Crippen LogP contribution in [-0.4, -0.2) is 52.5 Å². The number of fused-ring (bicyclic) bond motifs is 1. The lowest BCUT2D eigenvalue weighted by Gasteiger charge is -2.37. The molecular formula is C23H30N4O2. The number of hydrogen-bond donors (Lipinski definition) is 0. The normalized spacial score (nSPS) is 16.7. The van der Waals surface area contributed by atoms with E-state index in [2.05, 4.69) is 42.0 Å². The van der Waals surface area contributed by atoms with Crippen LogP contribution in [0.4, 0.5) is 5.69 Å². The first-order valence-corrected chi connectivity index (χ1v) is 10.6. The molecule has 0 bridgehead atoms. The van der Waals surface area contributed by atoms with E-state index in [1.807, 2.05) is 4.90 Å². The zero-order valence-electron chi connectivity index (χ0n) is 17.7. The Labute approximate surface area is 172 Å². The van der Waals surface area contributed by atoms with Crippen molar-refractivity contribution in [3.05, 3.63) is 46.3 Å². The van der Waals surface area contributed by atoms with Crippen LogP contribution in [0.3, 0.4) is 0 Å². The average molecular weight is 395 g/mol. The fraction of sp³-hybridized carbons (Fsp3) is 0.522. The molecule has 1 fully saturated rings. The predicted molar refractivity (Wildman–Crippen MR) is 114 cm³/mol. The summed E-state index contributed by atoms with van der Waals surface area (Å²) in [6, 6.07) is 6.40. The Morgan fingerprint density at radius 3 is 2.48 bits per heavy atom. The highest BCUT2D eigenvalue weighted by atomic mass is 16.2. The quantitative estimate of drug-likeness (QED) is 0.748. The van der Waals surface area contributed by atoms with Crippen LogP contribution >= 0.6 is 0 Å². The molecule has 0 saturated carbocycles. The van der Waals surface area contributed by atoms with Gasteiger partial charge in [0.15, 0.2) is 5.78 Å². The van der Waals surface area contributed by atoms with Crippen molar-refractivity contribution in [2.24, 2.45) is 0 Å². The molecule has 0 atom stereocenters. The summed E-state index contributed by atoms with van der Waals surface area (Å²) < 4.78 is 1.80. The lowest BCUT2D eigenvalue weighted by atomic mass is 9.95. The largest absolute Gasteiger partial charge is 0.368 e. The van der Waals surface area contributed by atoms with Crippen molar-refractivity contribution < 1.29 is 9.59 Å². The van der Waals surface area contributed by atoms with E-state index in [0.717, 1.165) is 63.1 Å². The van der Waals surface area contributed by atoms with E-state index in [0.29, 0.717) is 5.69 Å². The molecule has 6 heteroatoms. The number of benzene rings is 1. The van der Waals surface area contributed by atoms with Crippen LogP contribution in [0, 0.1) is 13.8 Å². The highest BCUT2D eigenvalue weighted by Gasteiger charge is 2.27. The van der Waals surface area contributed by atoms with Crippen molar-refractivity contribution >= 4 is 17.4 Å². The van der Waals surface area contributed by atoms with Crippen LogP contribution in [0.1, 0.15) is 52.6 Å². The van der Waals surface area contributed by atoms with E-state index in [1.165, 1.54) is 16.8 Å². The monoisotopic (exact) mass is 394 g/mol. The highest BCUT2D eigenvalue weighted by molar-refractivity contribution is 5.94. The molecule has 0 spiro atoms. The minimum atomic E-state index is -0.00325. The first-order chi connectivity index (χ1) is 14.0. The van der Waals surface area contributed by atoms with Gasteiger partial charge in [-0.15, -0.1) is 0 Å². The number of aromatic nitrogens is 2. The van der Waals surface area contributed by atoms with E-state index in [9.17, 15) is 9.59 Å². The van der Waals surface area contributed by atoms with Gasteiger partial charge in [-0.3, -0.25) is 14.3 Å². The third kappa shape index (κ3) is 3.80. The zero-order valence-corrected chi connectivity index (χ0v) is 17.7. The summed E-state index contributed by atoms with van der Waals surface area (Å²) in [5.74, 6) is 0.0908. The zero-order chi connectivity index (χ0) is 20.5. The van der Waals surface area contributed by atoms with Crippen molar-refractivity contribution in [2.75, 3.05) is 31.1 Å². The van der Waals surface area contributed by atoms with Crippen LogP contribution in [0.5, 0.6) is 0 Å². The van der Waals surface area contributed by atoms with Crippen molar-refractivity contribution in [2.45, 2.75) is 53.0 Å². The molecule has 1 saturated heterocycles. The Hall–Kier alpha value is -2.63. The van der Waals surface area contributed by atoms with Gasteiger partial charge in [0.25, 0.3) is 0 Å². The Kier molecular flexibility index (Phi) is 5.43. The number of ketones is 1. The molecule has 2 aliphatic rings. The first kappa shape index (κ1) is 19.7. The first-order valence-electron chi connectivity index (χ1n) is 10.6. The Morgan fingerprint density at radius 2 is 1.76 bits per heavy atom. The van der Waals surface area contributed by atoms with Crippen molar-refractivity contribution in [1.29, 1.82) is 0 Å². The summed E-state index contributed by atoms with van der Waals surface area (Å²) in [6.45, 7) is 9.21. The van der Waals surface area contributed by atoms with Gasteiger partial charge < -0.3 is 9.80 Å². The summed E-state index contributed by atoms with van der Waals surface area (Å²) >= 11 is 0. The molecule has 6 nitrogen and oxygen atoms in total. The lowest BCUT2D eigenvalue weighted by molar-refractivity contribution is -0.132. The Bertz CT molecular complexity index is 939. The van der Waals surface area contributed by atoms with Gasteiger partial charge in [-0.05, 0) is 56.7 Å². The maximum Gasteiger partial charge on any atom is 0.244 e. The molecular weight excluding hydrogens is 364 g/mol. The van der Waals surface area contributed by atoms with Crippen molar-refractivity contribution in [3.63, 3.8) is 0 Å². The SMILES string of the molecule is CC(=O)c1nn(CC(=O)N2CCN(c3cccc(C)c3C)CC2)c2c1CCCC2. The minimum Gasteiger partial charge on any atom is -0.368 e. The smallest absolute Gasteiger partial charge is 0.244 e. The minimum absolute atomic E-state index is 0.00325. The molecule has 2 aromatic rings. The van der Waals surface area contributed by atoms with Crippen LogP contribution in [0.2, 0.25) is 0 Å². The van der Waals surface area contributed by atoms with E-state index < -0.39 is 0 Å². The fourth-order valence-electron chi connectivity index (χ4n) is 4.59. The van der Waals surface area contributed by atoms with E-state index in [-0.39, 0.29) is 18.2 Å². The number of aryl methyl sites for hydroxylation is 1. The Balaban J connectivity index is 1.43. The molecule has 1 aliphatic heterocycles. The molecule has 0 N–H and O–H groups in total.